The van der Waals surface area contributed by atoms with Crippen molar-refractivity contribution in [3.8, 4) is 11.5 Å². The first-order valence-electron chi connectivity index (χ1n) is 12.3. The molecule has 2 aliphatic rings. The molecule has 0 saturated carbocycles. The number of ketones is 1. The minimum Gasteiger partial charge on any atom is -0.504 e. The molecule has 0 fully saturated rings. The van der Waals surface area contributed by atoms with E-state index in [1.165, 1.54) is 0 Å². The van der Waals surface area contributed by atoms with Crippen molar-refractivity contribution in [2.45, 2.75) is 52.4 Å². The van der Waals surface area contributed by atoms with Gasteiger partial charge >= 0.3 is 5.97 Å². The largest absolute Gasteiger partial charge is 0.504 e. The lowest BCUT2D eigenvalue weighted by atomic mass is 9.71. The van der Waals surface area contributed by atoms with Gasteiger partial charge in [-0.1, -0.05) is 43.6 Å². The van der Waals surface area contributed by atoms with Crippen molar-refractivity contribution in [1.29, 1.82) is 0 Å². The molecule has 7 heteroatoms. The van der Waals surface area contributed by atoms with Crippen LogP contribution in [0.4, 0.5) is 0 Å². The second kappa shape index (κ2) is 10.8. The van der Waals surface area contributed by atoms with Crippen LogP contribution in [0.15, 0.2) is 65.0 Å². The van der Waals surface area contributed by atoms with E-state index in [2.05, 4.69) is 5.32 Å². The molecule has 2 atom stereocenters. The summed E-state index contributed by atoms with van der Waals surface area (Å²) in [4.78, 5) is 27.0. The fourth-order valence-electron chi connectivity index (χ4n) is 4.92. The average molecular weight is 510 g/mol. The van der Waals surface area contributed by atoms with Crippen molar-refractivity contribution >= 4 is 23.4 Å². The molecule has 2 aromatic rings. The number of esters is 1. The number of Topliss-reactive ketones (excluding diaryl/α,β-unsaturated/α-hetero) is 1. The van der Waals surface area contributed by atoms with E-state index in [1.807, 2.05) is 52.0 Å². The van der Waals surface area contributed by atoms with Crippen LogP contribution in [-0.4, -0.2) is 30.1 Å². The Balaban J connectivity index is 1.79. The minimum atomic E-state index is -0.626. The molecule has 0 aromatic heterocycles. The first-order valence-corrected chi connectivity index (χ1v) is 12.7. The fourth-order valence-corrected chi connectivity index (χ4v) is 5.04. The molecule has 190 valence electrons. The molecule has 1 heterocycles. The van der Waals surface area contributed by atoms with Crippen molar-refractivity contribution in [2.24, 2.45) is 5.92 Å². The number of carbonyl (C=O) groups is 2. The van der Waals surface area contributed by atoms with Crippen molar-refractivity contribution in [1.82, 2.24) is 5.32 Å². The summed E-state index contributed by atoms with van der Waals surface area (Å²) in [5, 5.41) is 14.3. The number of dihydropyridines is 1. The Bertz CT molecular complexity index is 1230. The monoisotopic (exact) mass is 509 g/mol. The molecule has 1 aliphatic carbocycles. The summed E-state index contributed by atoms with van der Waals surface area (Å²) in [6, 6.07) is 12.6. The van der Waals surface area contributed by atoms with Gasteiger partial charge < -0.3 is 19.9 Å². The second-order valence-electron chi connectivity index (χ2n) is 9.72. The maximum Gasteiger partial charge on any atom is 0.336 e. The summed E-state index contributed by atoms with van der Waals surface area (Å²) < 4.78 is 11.2. The molecule has 0 bridgehead atoms. The molecule has 2 N–H and O–H groups in total. The third-order valence-corrected chi connectivity index (χ3v) is 6.81. The summed E-state index contributed by atoms with van der Waals surface area (Å²) in [6.07, 6.45) is 0.948. The zero-order valence-electron chi connectivity index (χ0n) is 21.1. The predicted molar refractivity (Wildman–Crippen MR) is 139 cm³/mol. The Morgan fingerprint density at radius 1 is 1.14 bits per heavy atom. The van der Waals surface area contributed by atoms with Gasteiger partial charge in [0.2, 0.25) is 0 Å². The molecular weight excluding hydrogens is 478 g/mol. The van der Waals surface area contributed by atoms with Gasteiger partial charge in [-0.15, -0.1) is 0 Å². The van der Waals surface area contributed by atoms with Gasteiger partial charge in [0, 0.05) is 34.3 Å². The lowest BCUT2D eigenvalue weighted by Gasteiger charge is -2.37. The van der Waals surface area contributed by atoms with Crippen molar-refractivity contribution < 1.29 is 24.2 Å². The number of phenols is 1. The van der Waals surface area contributed by atoms with Crippen LogP contribution < -0.4 is 10.1 Å². The van der Waals surface area contributed by atoms with E-state index in [-0.39, 0.29) is 30.0 Å². The highest BCUT2D eigenvalue weighted by Gasteiger charge is 2.41. The van der Waals surface area contributed by atoms with E-state index in [9.17, 15) is 14.7 Å². The average Bonchev–Trinajstić information content (AvgIpc) is 2.83. The van der Waals surface area contributed by atoms with Crippen LogP contribution in [0.3, 0.4) is 0 Å². The molecule has 36 heavy (non-hydrogen) atoms. The molecule has 0 spiro atoms. The predicted octanol–water partition coefficient (Wildman–Crippen LogP) is 6.01. The molecule has 1 aliphatic heterocycles. The number of ether oxygens (including phenoxy) is 2. The third kappa shape index (κ3) is 5.29. The van der Waals surface area contributed by atoms with Crippen LogP contribution in [0.25, 0.3) is 0 Å². The lowest BCUT2D eigenvalue weighted by Crippen LogP contribution is -2.36. The normalized spacial score (nSPS) is 19.8. The van der Waals surface area contributed by atoms with Gasteiger partial charge in [-0.3, -0.25) is 4.79 Å². The number of halogens is 1. The molecule has 0 saturated heterocycles. The zero-order chi connectivity index (χ0) is 26.0. The van der Waals surface area contributed by atoms with Gasteiger partial charge in [0.25, 0.3) is 0 Å². The van der Waals surface area contributed by atoms with Crippen LogP contribution in [0, 0.1) is 5.92 Å². The molecule has 0 unspecified atom stereocenters. The molecule has 6 nitrogen and oxygen atoms in total. The number of phenolic OH excluding ortho intramolecular Hbond substituents is 1. The summed E-state index contributed by atoms with van der Waals surface area (Å²) in [5.74, 6) is -0.613. The van der Waals surface area contributed by atoms with E-state index in [1.54, 1.807) is 18.2 Å². The summed E-state index contributed by atoms with van der Waals surface area (Å²) in [5.41, 5.74) is 4.17. The molecule has 0 amide bonds. The van der Waals surface area contributed by atoms with Crippen molar-refractivity contribution in [2.75, 3.05) is 13.2 Å². The number of hydrogen-bond donors (Lipinski definition) is 2. The van der Waals surface area contributed by atoms with Gasteiger partial charge in [-0.05, 0) is 67.5 Å². The number of aromatic hydroxyl groups is 1. The number of carbonyl (C=O) groups excluding carboxylic acids is 2. The maximum atomic E-state index is 13.7. The Kier molecular flexibility index (Phi) is 7.74. The Morgan fingerprint density at radius 2 is 1.83 bits per heavy atom. The highest BCUT2D eigenvalue weighted by atomic mass is 35.5. The highest BCUT2D eigenvalue weighted by Crippen LogP contribution is 2.47. The lowest BCUT2D eigenvalue weighted by molar-refractivity contribution is -0.140. The smallest absolute Gasteiger partial charge is 0.336 e. The van der Waals surface area contributed by atoms with Crippen LogP contribution in [0.2, 0.25) is 5.02 Å². The second-order valence-corrected chi connectivity index (χ2v) is 10.2. The highest BCUT2D eigenvalue weighted by molar-refractivity contribution is 6.30. The first kappa shape index (κ1) is 25.8. The SMILES string of the molecule is CCOc1cc([C@@H]2C(C(=O)OCC(C)C)=C(C)NC3=C2C(=O)C[C@H](c2ccc(Cl)cc2)C3)ccc1O. The molecule has 2 aromatic carbocycles. The van der Waals surface area contributed by atoms with Crippen molar-refractivity contribution in [3.63, 3.8) is 0 Å². The first-order chi connectivity index (χ1) is 17.2. The van der Waals surface area contributed by atoms with E-state index in [0.717, 1.165) is 11.3 Å². The quantitative estimate of drug-likeness (QED) is 0.445. The van der Waals surface area contributed by atoms with E-state index in [4.69, 9.17) is 21.1 Å². The van der Waals surface area contributed by atoms with Gasteiger partial charge in [-0.25, -0.2) is 4.79 Å². The van der Waals surface area contributed by atoms with E-state index in [0.29, 0.717) is 52.6 Å². The minimum absolute atomic E-state index is 0.00251. The van der Waals surface area contributed by atoms with Crippen LogP contribution in [-0.2, 0) is 14.3 Å². The van der Waals surface area contributed by atoms with Crippen LogP contribution >= 0.6 is 11.6 Å². The summed E-state index contributed by atoms with van der Waals surface area (Å²) in [6.45, 7) is 8.27. The van der Waals surface area contributed by atoms with Crippen LogP contribution in [0.5, 0.6) is 11.5 Å². The van der Waals surface area contributed by atoms with Gasteiger partial charge in [-0.2, -0.15) is 0 Å². The summed E-state index contributed by atoms with van der Waals surface area (Å²) >= 11 is 6.07. The van der Waals surface area contributed by atoms with Crippen LogP contribution in [0.1, 0.15) is 63.5 Å². The number of allylic oxidation sites excluding steroid dienone is 3. The Morgan fingerprint density at radius 3 is 2.50 bits per heavy atom. The Hall–Kier alpha value is -3.25. The molecule has 0 radical (unpaired) electrons. The standard InChI is InChI=1S/C29H32ClNO5/c1-5-35-25-14-19(8-11-23(25)32)27-26(29(34)36-15-16(2)3)17(4)31-22-12-20(13-24(33)28(22)27)18-6-9-21(30)10-7-18/h6-11,14,16,20,27,31-32H,5,12-13,15H2,1-4H3/t20-,27-/m1/s1. The van der Waals surface area contributed by atoms with Gasteiger partial charge in [0.05, 0.1) is 18.8 Å². The van der Waals surface area contributed by atoms with Gasteiger partial charge in [0.1, 0.15) is 0 Å². The van der Waals surface area contributed by atoms with E-state index < -0.39 is 11.9 Å². The fraction of sp³-hybridized carbons (Fsp3) is 0.379. The Labute approximate surface area is 216 Å². The number of rotatable bonds is 7. The molecular formula is C29H32ClNO5. The van der Waals surface area contributed by atoms with E-state index >= 15 is 0 Å². The maximum absolute atomic E-state index is 13.7. The molecule has 4 rings (SSSR count). The zero-order valence-corrected chi connectivity index (χ0v) is 21.8. The topological polar surface area (TPSA) is 84.9 Å². The number of benzene rings is 2. The number of nitrogens with one attached hydrogen (secondary N) is 1. The summed E-state index contributed by atoms with van der Waals surface area (Å²) in [7, 11) is 0. The van der Waals surface area contributed by atoms with Crippen molar-refractivity contribution in [3.05, 3.63) is 81.2 Å². The third-order valence-electron chi connectivity index (χ3n) is 6.55. The van der Waals surface area contributed by atoms with Gasteiger partial charge in [0.15, 0.2) is 17.3 Å². The number of hydrogen-bond acceptors (Lipinski definition) is 6.